The number of likely N-dealkylation sites (tertiary alicyclic amines) is 2. The molecule has 0 radical (unpaired) electrons. The molecule has 0 aromatic heterocycles. The Morgan fingerprint density at radius 2 is 1.57 bits per heavy atom. The van der Waals surface area contributed by atoms with E-state index in [1.807, 2.05) is 25.7 Å². The SMILES string of the molecule is CC(=O)N1CCC(C2(O)CCN(C(=O)OC(C)(C)C)CC2)CC1. The second-order valence-corrected chi connectivity index (χ2v) is 7.85. The summed E-state index contributed by atoms with van der Waals surface area (Å²) >= 11 is 0. The van der Waals surface area contributed by atoms with Gasteiger partial charge in [0.25, 0.3) is 0 Å². The van der Waals surface area contributed by atoms with Gasteiger partial charge >= 0.3 is 6.09 Å². The number of aliphatic hydroxyl groups is 1. The first-order valence-electron chi connectivity index (χ1n) is 8.56. The molecule has 0 aliphatic carbocycles. The number of carbonyl (C=O) groups excluding carboxylic acids is 2. The maximum atomic E-state index is 12.1. The third-order valence-corrected chi connectivity index (χ3v) is 4.98. The zero-order valence-corrected chi connectivity index (χ0v) is 14.8. The van der Waals surface area contributed by atoms with Crippen LogP contribution in [0.3, 0.4) is 0 Å². The summed E-state index contributed by atoms with van der Waals surface area (Å²) in [6.07, 6.45) is 2.53. The zero-order chi connectivity index (χ0) is 17.3. The highest BCUT2D eigenvalue weighted by molar-refractivity contribution is 5.73. The fourth-order valence-corrected chi connectivity index (χ4v) is 3.54. The first-order chi connectivity index (χ1) is 10.6. The van der Waals surface area contributed by atoms with E-state index in [-0.39, 0.29) is 17.9 Å². The molecule has 6 nitrogen and oxygen atoms in total. The minimum Gasteiger partial charge on any atom is -0.444 e. The van der Waals surface area contributed by atoms with Gasteiger partial charge in [0.2, 0.25) is 5.91 Å². The molecule has 2 fully saturated rings. The lowest BCUT2D eigenvalue weighted by atomic mass is 9.75. The molecular formula is C17H30N2O4. The third kappa shape index (κ3) is 4.59. The molecule has 1 N–H and O–H groups in total. The Morgan fingerprint density at radius 3 is 2.00 bits per heavy atom. The van der Waals surface area contributed by atoms with Gasteiger partial charge in [0.15, 0.2) is 0 Å². The van der Waals surface area contributed by atoms with Gasteiger partial charge in [-0.05, 0) is 52.4 Å². The van der Waals surface area contributed by atoms with Gasteiger partial charge in [-0.1, -0.05) is 0 Å². The first kappa shape index (κ1) is 18.0. The Balaban J connectivity index is 1.85. The second-order valence-electron chi connectivity index (χ2n) is 7.85. The predicted octanol–water partition coefficient (Wildman–Crippen LogP) is 2.01. The van der Waals surface area contributed by atoms with Gasteiger partial charge < -0.3 is 19.6 Å². The van der Waals surface area contributed by atoms with Crippen LogP contribution in [0, 0.1) is 5.92 Å². The number of nitrogens with zero attached hydrogens (tertiary/aromatic N) is 2. The average molecular weight is 326 g/mol. The second kappa shape index (κ2) is 6.67. The van der Waals surface area contributed by atoms with Crippen molar-refractivity contribution in [3.05, 3.63) is 0 Å². The highest BCUT2D eigenvalue weighted by Crippen LogP contribution is 2.36. The van der Waals surface area contributed by atoms with E-state index < -0.39 is 11.2 Å². The van der Waals surface area contributed by atoms with Crippen LogP contribution in [0.15, 0.2) is 0 Å². The molecule has 0 bridgehead atoms. The van der Waals surface area contributed by atoms with Crippen molar-refractivity contribution in [1.29, 1.82) is 0 Å². The van der Waals surface area contributed by atoms with Crippen LogP contribution in [0.1, 0.15) is 53.4 Å². The van der Waals surface area contributed by atoms with Crippen molar-refractivity contribution < 1.29 is 19.4 Å². The molecule has 0 saturated carbocycles. The summed E-state index contributed by atoms with van der Waals surface area (Å²) < 4.78 is 5.39. The number of ether oxygens (including phenoxy) is 1. The fourth-order valence-electron chi connectivity index (χ4n) is 3.54. The molecule has 2 rings (SSSR count). The summed E-state index contributed by atoms with van der Waals surface area (Å²) in [6, 6.07) is 0. The van der Waals surface area contributed by atoms with Gasteiger partial charge in [-0.3, -0.25) is 4.79 Å². The Kier molecular flexibility index (Phi) is 5.23. The first-order valence-corrected chi connectivity index (χ1v) is 8.56. The number of hydrogen-bond donors (Lipinski definition) is 1. The molecule has 2 heterocycles. The molecule has 0 aromatic rings. The molecule has 2 aliphatic heterocycles. The van der Waals surface area contributed by atoms with Gasteiger partial charge in [0, 0.05) is 33.1 Å². The maximum Gasteiger partial charge on any atom is 0.410 e. The Bertz CT molecular complexity index is 442. The molecule has 6 heteroatoms. The fraction of sp³-hybridized carbons (Fsp3) is 0.882. The summed E-state index contributed by atoms with van der Waals surface area (Å²) in [5.74, 6) is 0.314. The third-order valence-electron chi connectivity index (χ3n) is 4.98. The van der Waals surface area contributed by atoms with Crippen molar-refractivity contribution in [2.75, 3.05) is 26.2 Å². The molecule has 0 spiro atoms. The average Bonchev–Trinajstić information content (AvgIpc) is 2.46. The van der Waals surface area contributed by atoms with E-state index in [1.54, 1.807) is 11.8 Å². The standard InChI is InChI=1S/C17H30N2O4/c1-13(20)18-9-5-14(6-10-18)17(22)7-11-19(12-8-17)15(21)23-16(2,3)4/h14,22H,5-12H2,1-4H3. The summed E-state index contributed by atoms with van der Waals surface area (Å²) in [5, 5.41) is 11.0. The van der Waals surface area contributed by atoms with Crippen LogP contribution in [-0.2, 0) is 9.53 Å². The topological polar surface area (TPSA) is 70.1 Å². The van der Waals surface area contributed by atoms with Crippen LogP contribution in [0.4, 0.5) is 4.79 Å². The van der Waals surface area contributed by atoms with Crippen molar-refractivity contribution >= 4 is 12.0 Å². The molecule has 2 saturated heterocycles. The van der Waals surface area contributed by atoms with Crippen molar-refractivity contribution in [3.63, 3.8) is 0 Å². The molecule has 132 valence electrons. The van der Waals surface area contributed by atoms with Crippen LogP contribution < -0.4 is 0 Å². The number of hydrogen-bond acceptors (Lipinski definition) is 4. The van der Waals surface area contributed by atoms with Crippen LogP contribution in [-0.4, -0.2) is 64.3 Å². The van der Waals surface area contributed by atoms with Gasteiger partial charge in [0.1, 0.15) is 5.60 Å². The van der Waals surface area contributed by atoms with E-state index >= 15 is 0 Å². The highest BCUT2D eigenvalue weighted by Gasteiger charge is 2.42. The van der Waals surface area contributed by atoms with Crippen LogP contribution in [0.2, 0.25) is 0 Å². The van der Waals surface area contributed by atoms with E-state index in [9.17, 15) is 14.7 Å². The van der Waals surface area contributed by atoms with Gasteiger partial charge in [-0.2, -0.15) is 0 Å². The monoisotopic (exact) mass is 326 g/mol. The molecule has 0 atom stereocenters. The number of carbonyl (C=O) groups is 2. The summed E-state index contributed by atoms with van der Waals surface area (Å²) in [5.41, 5.74) is -1.22. The summed E-state index contributed by atoms with van der Waals surface area (Å²) in [7, 11) is 0. The minimum atomic E-state index is -0.721. The van der Waals surface area contributed by atoms with E-state index in [2.05, 4.69) is 0 Å². The lowest BCUT2D eigenvalue weighted by Crippen LogP contribution is -2.53. The number of amides is 2. The quantitative estimate of drug-likeness (QED) is 0.800. The largest absolute Gasteiger partial charge is 0.444 e. The number of rotatable bonds is 1. The normalized spacial score (nSPS) is 22.8. The summed E-state index contributed by atoms with van der Waals surface area (Å²) in [6.45, 7) is 9.65. The smallest absolute Gasteiger partial charge is 0.410 e. The molecule has 0 aromatic carbocycles. The molecular weight excluding hydrogens is 296 g/mol. The summed E-state index contributed by atoms with van der Waals surface area (Å²) in [4.78, 5) is 27.0. The Labute approximate surface area is 138 Å². The van der Waals surface area contributed by atoms with Gasteiger partial charge in [-0.25, -0.2) is 4.79 Å². The van der Waals surface area contributed by atoms with E-state index in [0.29, 0.717) is 25.9 Å². The Hall–Kier alpha value is -1.30. The van der Waals surface area contributed by atoms with Crippen molar-refractivity contribution in [2.45, 2.75) is 64.6 Å². The maximum absolute atomic E-state index is 12.1. The van der Waals surface area contributed by atoms with Gasteiger partial charge in [-0.15, -0.1) is 0 Å². The lowest BCUT2D eigenvalue weighted by molar-refractivity contribution is -0.133. The van der Waals surface area contributed by atoms with Crippen molar-refractivity contribution in [3.8, 4) is 0 Å². The molecule has 0 unspecified atom stereocenters. The highest BCUT2D eigenvalue weighted by atomic mass is 16.6. The van der Waals surface area contributed by atoms with Crippen molar-refractivity contribution in [1.82, 2.24) is 9.80 Å². The predicted molar refractivity (Wildman–Crippen MR) is 87.0 cm³/mol. The minimum absolute atomic E-state index is 0.107. The van der Waals surface area contributed by atoms with E-state index in [0.717, 1.165) is 25.9 Å². The van der Waals surface area contributed by atoms with E-state index in [4.69, 9.17) is 4.74 Å². The van der Waals surface area contributed by atoms with Crippen LogP contribution in [0.5, 0.6) is 0 Å². The van der Waals surface area contributed by atoms with Crippen LogP contribution in [0.25, 0.3) is 0 Å². The Morgan fingerprint density at radius 1 is 1.04 bits per heavy atom. The lowest BCUT2D eigenvalue weighted by Gasteiger charge is -2.45. The number of piperidine rings is 2. The van der Waals surface area contributed by atoms with Crippen molar-refractivity contribution in [2.24, 2.45) is 5.92 Å². The molecule has 23 heavy (non-hydrogen) atoms. The van der Waals surface area contributed by atoms with E-state index in [1.165, 1.54) is 0 Å². The zero-order valence-electron chi connectivity index (χ0n) is 14.8. The van der Waals surface area contributed by atoms with Crippen LogP contribution >= 0.6 is 0 Å². The van der Waals surface area contributed by atoms with Gasteiger partial charge in [0.05, 0.1) is 5.60 Å². The molecule has 2 aliphatic rings. The molecule has 2 amide bonds.